The molecule has 1 aromatic rings. The van der Waals surface area contributed by atoms with Crippen molar-refractivity contribution >= 4 is 5.91 Å². The van der Waals surface area contributed by atoms with Crippen molar-refractivity contribution in [2.24, 2.45) is 0 Å². The number of halogens is 1. The highest BCUT2D eigenvalue weighted by Gasteiger charge is 2.19. The highest BCUT2D eigenvalue weighted by Crippen LogP contribution is 2.18. The van der Waals surface area contributed by atoms with Gasteiger partial charge in [-0.05, 0) is 37.6 Å². The third-order valence-corrected chi connectivity index (χ3v) is 3.15. The summed E-state index contributed by atoms with van der Waals surface area (Å²) in [7, 11) is 1.52. The molecule has 0 unspecified atom stereocenters. The van der Waals surface area contributed by atoms with Gasteiger partial charge in [0.05, 0.1) is 5.56 Å². The molecule has 1 heterocycles. The lowest BCUT2D eigenvalue weighted by molar-refractivity contribution is 0.0957. The van der Waals surface area contributed by atoms with E-state index in [1.54, 1.807) is 6.07 Å². The molecule has 0 bridgehead atoms. The van der Waals surface area contributed by atoms with Crippen LogP contribution in [0.5, 0.6) is 0 Å². The van der Waals surface area contributed by atoms with Gasteiger partial charge in [-0.25, -0.2) is 4.39 Å². The smallest absolute Gasteiger partial charge is 0.254 e. The first-order valence-corrected chi connectivity index (χ1v) is 5.94. The van der Waals surface area contributed by atoms with Crippen LogP contribution in [-0.4, -0.2) is 30.9 Å². The summed E-state index contributed by atoms with van der Waals surface area (Å²) in [5, 5.41) is 2.49. The maximum Gasteiger partial charge on any atom is 0.254 e. The number of hydrogen-bond acceptors (Lipinski definition) is 2. The van der Waals surface area contributed by atoms with Gasteiger partial charge < -0.3 is 5.32 Å². The fourth-order valence-corrected chi connectivity index (χ4v) is 2.26. The van der Waals surface area contributed by atoms with Crippen LogP contribution in [0.2, 0.25) is 0 Å². The third-order valence-electron chi connectivity index (χ3n) is 3.15. The van der Waals surface area contributed by atoms with E-state index in [2.05, 4.69) is 10.2 Å². The first-order valence-electron chi connectivity index (χ1n) is 5.94. The number of hydrogen-bond donors (Lipinski definition) is 1. The van der Waals surface area contributed by atoms with Crippen molar-refractivity contribution < 1.29 is 9.18 Å². The van der Waals surface area contributed by atoms with Crippen molar-refractivity contribution in [1.29, 1.82) is 0 Å². The second kappa shape index (κ2) is 5.27. The van der Waals surface area contributed by atoms with Gasteiger partial charge in [0.15, 0.2) is 0 Å². The minimum absolute atomic E-state index is 0.182. The Bertz CT molecular complexity index is 414. The van der Waals surface area contributed by atoms with Crippen molar-refractivity contribution in [3.8, 4) is 0 Å². The van der Waals surface area contributed by atoms with E-state index in [-0.39, 0.29) is 11.5 Å². The van der Waals surface area contributed by atoms with E-state index in [4.69, 9.17) is 0 Å². The molecule has 0 aliphatic carbocycles. The van der Waals surface area contributed by atoms with Gasteiger partial charge in [0.2, 0.25) is 0 Å². The maximum atomic E-state index is 13.7. The molecule has 2 rings (SSSR count). The predicted octanol–water partition coefficient (Wildman–Crippen LogP) is 1.78. The van der Waals surface area contributed by atoms with E-state index < -0.39 is 5.82 Å². The van der Waals surface area contributed by atoms with Crippen LogP contribution in [0.4, 0.5) is 4.39 Å². The summed E-state index contributed by atoms with van der Waals surface area (Å²) in [4.78, 5) is 13.9. The topological polar surface area (TPSA) is 32.3 Å². The zero-order chi connectivity index (χ0) is 12.3. The molecule has 17 heavy (non-hydrogen) atoms. The quantitative estimate of drug-likeness (QED) is 0.867. The summed E-state index contributed by atoms with van der Waals surface area (Å²) in [6.07, 6.45) is 2.37. The number of likely N-dealkylation sites (tertiary alicyclic amines) is 1. The van der Waals surface area contributed by atoms with E-state index in [1.807, 2.05) is 6.07 Å². The van der Waals surface area contributed by atoms with Gasteiger partial charge in [-0.15, -0.1) is 0 Å². The highest BCUT2D eigenvalue weighted by molar-refractivity contribution is 5.95. The Morgan fingerprint density at radius 2 is 2.12 bits per heavy atom. The van der Waals surface area contributed by atoms with Gasteiger partial charge in [-0.3, -0.25) is 9.69 Å². The molecule has 1 aliphatic rings. The van der Waals surface area contributed by atoms with E-state index in [9.17, 15) is 9.18 Å². The number of nitrogens with zero attached hydrogens (tertiary/aromatic N) is 1. The summed E-state index contributed by atoms with van der Waals surface area (Å²) >= 11 is 0. The molecule has 1 fully saturated rings. The number of amides is 1. The summed E-state index contributed by atoms with van der Waals surface area (Å²) in [6, 6.07) is 4.82. The molecule has 0 spiro atoms. The van der Waals surface area contributed by atoms with Gasteiger partial charge in [0.1, 0.15) is 5.82 Å². The summed E-state index contributed by atoms with van der Waals surface area (Å²) in [5.41, 5.74) is 0.952. The van der Waals surface area contributed by atoms with E-state index in [0.717, 1.165) is 18.7 Å². The normalized spacial score (nSPS) is 16.1. The minimum atomic E-state index is -0.443. The molecule has 1 amide bonds. The first kappa shape index (κ1) is 12.0. The molecular weight excluding hydrogens is 219 g/mol. The molecule has 1 aliphatic heterocycles. The molecule has 0 saturated carbocycles. The molecule has 0 aromatic heterocycles. The van der Waals surface area contributed by atoms with Crippen LogP contribution in [0.15, 0.2) is 18.2 Å². The number of carbonyl (C=O) groups is 1. The SMILES string of the molecule is CNC(=O)c1c(F)cccc1CN1CCCC1. The van der Waals surface area contributed by atoms with Crippen LogP contribution in [0.25, 0.3) is 0 Å². The molecule has 0 atom stereocenters. The number of nitrogens with one attached hydrogen (secondary N) is 1. The van der Waals surface area contributed by atoms with E-state index in [0.29, 0.717) is 6.54 Å². The van der Waals surface area contributed by atoms with Gasteiger partial charge in [0.25, 0.3) is 5.91 Å². The molecule has 92 valence electrons. The number of rotatable bonds is 3. The molecular formula is C13H17FN2O. The Morgan fingerprint density at radius 1 is 1.41 bits per heavy atom. The Balaban J connectivity index is 2.25. The van der Waals surface area contributed by atoms with Crippen LogP contribution in [-0.2, 0) is 6.54 Å². The molecule has 0 radical (unpaired) electrons. The molecule has 4 heteroatoms. The fourth-order valence-electron chi connectivity index (χ4n) is 2.26. The second-order valence-electron chi connectivity index (χ2n) is 4.34. The van der Waals surface area contributed by atoms with Crippen molar-refractivity contribution in [3.63, 3.8) is 0 Å². The molecule has 1 aromatic carbocycles. The van der Waals surface area contributed by atoms with Gasteiger partial charge >= 0.3 is 0 Å². The van der Waals surface area contributed by atoms with Crippen LogP contribution >= 0.6 is 0 Å². The van der Waals surface area contributed by atoms with Gasteiger partial charge in [-0.1, -0.05) is 12.1 Å². The molecule has 1 N–H and O–H groups in total. The predicted molar refractivity (Wildman–Crippen MR) is 64.3 cm³/mol. The van der Waals surface area contributed by atoms with E-state index in [1.165, 1.54) is 26.0 Å². The minimum Gasteiger partial charge on any atom is -0.355 e. The zero-order valence-electron chi connectivity index (χ0n) is 10.0. The van der Waals surface area contributed by atoms with Crippen molar-refractivity contribution in [3.05, 3.63) is 35.1 Å². The lowest BCUT2D eigenvalue weighted by Gasteiger charge is -2.17. The van der Waals surface area contributed by atoms with Crippen LogP contribution < -0.4 is 5.32 Å². The van der Waals surface area contributed by atoms with Crippen LogP contribution in [0.1, 0.15) is 28.8 Å². The first-order chi connectivity index (χ1) is 8.22. The van der Waals surface area contributed by atoms with Crippen molar-refractivity contribution in [2.45, 2.75) is 19.4 Å². The fraction of sp³-hybridized carbons (Fsp3) is 0.462. The van der Waals surface area contributed by atoms with Crippen LogP contribution in [0.3, 0.4) is 0 Å². The lowest BCUT2D eigenvalue weighted by Crippen LogP contribution is -2.25. The van der Waals surface area contributed by atoms with Gasteiger partial charge in [-0.2, -0.15) is 0 Å². The second-order valence-corrected chi connectivity index (χ2v) is 4.34. The number of carbonyl (C=O) groups excluding carboxylic acids is 1. The Labute approximate surface area is 101 Å². The summed E-state index contributed by atoms with van der Waals surface area (Å²) in [5.74, 6) is -0.793. The molecule has 3 nitrogen and oxygen atoms in total. The Morgan fingerprint density at radius 3 is 2.76 bits per heavy atom. The van der Waals surface area contributed by atoms with E-state index >= 15 is 0 Å². The summed E-state index contributed by atoms with van der Waals surface area (Å²) in [6.45, 7) is 2.72. The highest BCUT2D eigenvalue weighted by atomic mass is 19.1. The van der Waals surface area contributed by atoms with Crippen molar-refractivity contribution in [1.82, 2.24) is 10.2 Å². The van der Waals surface area contributed by atoms with Crippen molar-refractivity contribution in [2.75, 3.05) is 20.1 Å². The average molecular weight is 236 g/mol. The lowest BCUT2D eigenvalue weighted by atomic mass is 10.1. The Hall–Kier alpha value is -1.42. The standard InChI is InChI=1S/C13H17FN2O/c1-15-13(17)12-10(5-4-6-11(12)14)9-16-7-2-3-8-16/h4-6H,2-3,7-9H2,1H3,(H,15,17). The molecule has 1 saturated heterocycles. The Kier molecular flexibility index (Phi) is 3.74. The average Bonchev–Trinajstić information content (AvgIpc) is 2.81. The van der Waals surface area contributed by atoms with Gasteiger partial charge in [0, 0.05) is 13.6 Å². The zero-order valence-corrected chi connectivity index (χ0v) is 10.0. The largest absolute Gasteiger partial charge is 0.355 e. The van der Waals surface area contributed by atoms with Crippen LogP contribution in [0, 0.1) is 5.82 Å². The maximum absolute atomic E-state index is 13.7. The third kappa shape index (κ3) is 2.64. The monoisotopic (exact) mass is 236 g/mol. The number of benzene rings is 1. The summed E-state index contributed by atoms with van der Waals surface area (Å²) < 4.78 is 13.7.